The fourth-order valence-corrected chi connectivity index (χ4v) is 8.48. The first kappa shape index (κ1) is 40.7. The topological polar surface area (TPSA) is 83.1 Å². The Morgan fingerprint density at radius 1 is 0.529 bits per heavy atom. The number of benzene rings is 2. The van der Waals surface area contributed by atoms with E-state index in [9.17, 15) is 9.59 Å². The average molecular weight is 705 g/mol. The second kappa shape index (κ2) is 21.4. The van der Waals surface area contributed by atoms with Crippen LogP contribution < -0.4 is 20.1 Å². The van der Waals surface area contributed by atoms with Crippen LogP contribution in [-0.2, 0) is 0 Å². The Bertz CT molecular complexity index is 1180. The molecule has 2 aromatic carbocycles. The van der Waals surface area contributed by atoms with Crippen molar-refractivity contribution in [3.63, 3.8) is 0 Å². The van der Waals surface area contributed by atoms with E-state index in [0.29, 0.717) is 61.6 Å². The van der Waals surface area contributed by atoms with Crippen molar-refractivity contribution < 1.29 is 19.1 Å². The minimum atomic E-state index is -0.0435. The molecule has 0 spiro atoms. The fourth-order valence-electron chi connectivity index (χ4n) is 8.48. The highest BCUT2D eigenvalue weighted by atomic mass is 16.5. The van der Waals surface area contributed by atoms with Crippen molar-refractivity contribution in [2.75, 3.05) is 39.4 Å². The minimum Gasteiger partial charge on any atom is -0.494 e. The Labute approximate surface area is 309 Å². The van der Waals surface area contributed by atoms with Gasteiger partial charge in [0.05, 0.1) is 13.2 Å². The van der Waals surface area contributed by atoms with Crippen molar-refractivity contribution in [3.05, 3.63) is 59.7 Å². The quantitative estimate of drug-likeness (QED) is 0.135. The van der Waals surface area contributed by atoms with Gasteiger partial charge in [-0.1, -0.05) is 33.1 Å². The van der Waals surface area contributed by atoms with Gasteiger partial charge in [-0.15, -0.1) is 0 Å². The van der Waals surface area contributed by atoms with Gasteiger partial charge in [0.25, 0.3) is 11.8 Å². The number of likely N-dealkylation sites (tertiary alicyclic amines) is 2. The van der Waals surface area contributed by atoms with Crippen LogP contribution in [0.5, 0.6) is 11.5 Å². The monoisotopic (exact) mass is 705 g/mol. The lowest BCUT2D eigenvalue weighted by Crippen LogP contribution is -2.46. The zero-order valence-electron chi connectivity index (χ0n) is 32.6. The van der Waals surface area contributed by atoms with Gasteiger partial charge in [-0.2, -0.15) is 0 Å². The Morgan fingerprint density at radius 3 is 1.22 bits per heavy atom. The van der Waals surface area contributed by atoms with Crippen molar-refractivity contribution in [2.24, 2.45) is 11.8 Å². The molecule has 4 atom stereocenters. The van der Waals surface area contributed by atoms with Gasteiger partial charge in [-0.05, 0) is 139 Å². The molecule has 2 saturated heterocycles. The lowest BCUT2D eigenvalue weighted by atomic mass is 9.88. The molecule has 2 aromatic rings. The maximum absolute atomic E-state index is 12.6. The largest absolute Gasteiger partial charge is 0.494 e. The summed E-state index contributed by atoms with van der Waals surface area (Å²) in [6.07, 6.45) is 12.2. The SMILES string of the molecule is CC1CC(C)N(CCCOc2ccc(C(=O)NCCCCCCCNC(=O)c3ccc(OCCCN4C(C)CC(C)CC4C)cc3)cc2)C(C)C1. The number of carbonyl (C=O) groups excluding carboxylic acids is 2. The van der Waals surface area contributed by atoms with E-state index in [1.807, 2.05) is 48.5 Å². The molecule has 2 aliphatic rings. The van der Waals surface area contributed by atoms with Crippen molar-refractivity contribution in [3.8, 4) is 11.5 Å². The van der Waals surface area contributed by atoms with Gasteiger partial charge < -0.3 is 20.1 Å². The normalized spacial score (nSPS) is 24.2. The minimum absolute atomic E-state index is 0.0435. The summed E-state index contributed by atoms with van der Waals surface area (Å²) in [5.74, 6) is 3.17. The van der Waals surface area contributed by atoms with Crippen LogP contribution in [0.25, 0.3) is 0 Å². The molecule has 0 aromatic heterocycles. The van der Waals surface area contributed by atoms with E-state index >= 15 is 0 Å². The third-order valence-electron chi connectivity index (χ3n) is 11.1. The van der Waals surface area contributed by atoms with Crippen molar-refractivity contribution >= 4 is 11.8 Å². The summed E-state index contributed by atoms with van der Waals surface area (Å²) in [6.45, 7) is 18.9. The van der Waals surface area contributed by atoms with Crippen LogP contribution in [0, 0.1) is 11.8 Å². The number of nitrogens with zero attached hydrogens (tertiary/aromatic N) is 2. The van der Waals surface area contributed by atoms with Crippen LogP contribution in [0.15, 0.2) is 48.5 Å². The van der Waals surface area contributed by atoms with Gasteiger partial charge >= 0.3 is 0 Å². The van der Waals surface area contributed by atoms with E-state index in [4.69, 9.17) is 9.47 Å². The summed E-state index contributed by atoms with van der Waals surface area (Å²) in [4.78, 5) is 30.4. The third-order valence-corrected chi connectivity index (χ3v) is 11.1. The maximum atomic E-state index is 12.6. The molecule has 2 fully saturated rings. The molecule has 284 valence electrons. The first-order valence-corrected chi connectivity index (χ1v) is 20.1. The van der Waals surface area contributed by atoms with Crippen LogP contribution >= 0.6 is 0 Å². The van der Waals surface area contributed by atoms with E-state index in [2.05, 4.69) is 62.0 Å². The van der Waals surface area contributed by atoms with Gasteiger partial charge in [-0.3, -0.25) is 19.4 Å². The molecule has 0 saturated carbocycles. The Morgan fingerprint density at radius 2 is 0.863 bits per heavy atom. The highest BCUT2D eigenvalue weighted by Gasteiger charge is 2.29. The van der Waals surface area contributed by atoms with Crippen molar-refractivity contribution in [1.29, 1.82) is 0 Å². The lowest BCUT2D eigenvalue weighted by molar-refractivity contribution is 0.0701. The smallest absolute Gasteiger partial charge is 0.251 e. The summed E-state index contributed by atoms with van der Waals surface area (Å²) in [7, 11) is 0. The van der Waals surface area contributed by atoms with Crippen LogP contribution in [0.2, 0.25) is 0 Å². The predicted molar refractivity (Wildman–Crippen MR) is 209 cm³/mol. The molecule has 51 heavy (non-hydrogen) atoms. The number of hydrogen-bond acceptors (Lipinski definition) is 6. The predicted octanol–water partition coefficient (Wildman–Crippen LogP) is 8.35. The average Bonchev–Trinajstić information content (AvgIpc) is 3.09. The van der Waals surface area contributed by atoms with Crippen LogP contribution in [0.4, 0.5) is 0 Å². The fraction of sp³-hybridized carbons (Fsp3) is 0.674. The molecular formula is C43H68N4O4. The second-order valence-electron chi connectivity index (χ2n) is 15.8. The van der Waals surface area contributed by atoms with E-state index < -0.39 is 0 Å². The number of piperidine rings is 2. The number of rotatable bonds is 20. The molecule has 0 radical (unpaired) electrons. The number of unbranched alkanes of at least 4 members (excludes halogenated alkanes) is 4. The van der Waals surface area contributed by atoms with Gasteiger partial charge in [0.1, 0.15) is 11.5 Å². The molecule has 4 unspecified atom stereocenters. The molecule has 8 heteroatoms. The Balaban J connectivity index is 0.977. The first-order chi connectivity index (χ1) is 24.6. The van der Waals surface area contributed by atoms with E-state index in [0.717, 1.165) is 81.4 Å². The molecule has 0 bridgehead atoms. The van der Waals surface area contributed by atoms with E-state index in [-0.39, 0.29) is 11.8 Å². The molecule has 2 aliphatic heterocycles. The molecule has 4 rings (SSSR count). The van der Waals surface area contributed by atoms with Crippen molar-refractivity contribution in [2.45, 2.75) is 136 Å². The van der Waals surface area contributed by atoms with Crippen LogP contribution in [-0.4, -0.2) is 85.2 Å². The third kappa shape index (κ3) is 13.8. The Hall–Kier alpha value is -3.10. The summed E-state index contributed by atoms with van der Waals surface area (Å²) in [6, 6.07) is 17.5. The van der Waals surface area contributed by atoms with Gasteiger partial charge in [-0.25, -0.2) is 0 Å². The van der Waals surface area contributed by atoms with Gasteiger partial charge in [0, 0.05) is 61.5 Å². The summed E-state index contributed by atoms with van der Waals surface area (Å²) in [5.41, 5.74) is 1.32. The molecule has 2 heterocycles. The van der Waals surface area contributed by atoms with Gasteiger partial charge in [0.2, 0.25) is 0 Å². The molecular weight excluding hydrogens is 636 g/mol. The van der Waals surface area contributed by atoms with E-state index in [1.165, 1.54) is 25.7 Å². The molecule has 2 N–H and O–H groups in total. The summed E-state index contributed by atoms with van der Waals surface area (Å²) >= 11 is 0. The zero-order chi connectivity index (χ0) is 36.6. The maximum Gasteiger partial charge on any atom is 0.251 e. The number of amides is 2. The van der Waals surface area contributed by atoms with Crippen LogP contribution in [0.3, 0.4) is 0 Å². The Kier molecular flexibility index (Phi) is 17.1. The van der Waals surface area contributed by atoms with Crippen molar-refractivity contribution in [1.82, 2.24) is 20.4 Å². The van der Waals surface area contributed by atoms with Crippen LogP contribution in [0.1, 0.15) is 133 Å². The molecule has 0 aliphatic carbocycles. The summed E-state index contributed by atoms with van der Waals surface area (Å²) < 4.78 is 11.9. The highest BCUT2D eigenvalue weighted by Crippen LogP contribution is 2.28. The standard InChI is InChI=1S/C43H68N4O4/c1-32-28-34(3)46(35(4)29-32)24-12-26-50-40-18-14-38(15-19-40)42(48)44-22-10-8-7-9-11-23-45-43(49)39-16-20-41(21-17-39)51-27-13-25-47-36(5)30-33(2)31-37(47)6/h14-21,32-37H,7-13,22-31H2,1-6H3,(H,44,48)(H,45,49). The number of hydrogen-bond donors (Lipinski definition) is 2. The highest BCUT2D eigenvalue weighted by molar-refractivity contribution is 5.94. The number of nitrogens with one attached hydrogen (secondary N) is 2. The van der Waals surface area contributed by atoms with E-state index in [1.54, 1.807) is 0 Å². The lowest BCUT2D eigenvalue weighted by Gasteiger charge is -2.41. The molecule has 8 nitrogen and oxygen atoms in total. The first-order valence-electron chi connectivity index (χ1n) is 20.1. The number of carbonyl (C=O) groups is 2. The zero-order valence-corrected chi connectivity index (χ0v) is 32.6. The number of ether oxygens (including phenoxy) is 2. The second-order valence-corrected chi connectivity index (χ2v) is 15.8. The van der Waals surface area contributed by atoms with Gasteiger partial charge in [0.15, 0.2) is 0 Å². The summed E-state index contributed by atoms with van der Waals surface area (Å²) in [5, 5.41) is 6.07. The molecule has 2 amide bonds.